The molecular weight excluding hydrogens is 445 g/mol. The highest BCUT2D eigenvalue weighted by Gasteiger charge is 2.13. The Bertz CT molecular complexity index is 949. The first-order valence-electron chi connectivity index (χ1n) is 9.17. The van der Waals surface area contributed by atoms with E-state index in [2.05, 4.69) is 5.32 Å². The SMILES string of the molecule is COc1ccc(CNCc2cc(Cl)c(OCc3ccccc3Cl)c(OC)c2)cc1.Cl. The number of hydrogen-bond donors (Lipinski definition) is 1. The first kappa shape index (κ1) is 24.2. The Morgan fingerprint density at radius 2 is 1.50 bits per heavy atom. The largest absolute Gasteiger partial charge is 0.497 e. The Labute approximate surface area is 193 Å². The Hall–Kier alpha value is -2.11. The van der Waals surface area contributed by atoms with E-state index in [1.54, 1.807) is 14.2 Å². The number of hydrogen-bond acceptors (Lipinski definition) is 4. The van der Waals surface area contributed by atoms with Gasteiger partial charge in [0.05, 0.1) is 19.2 Å². The van der Waals surface area contributed by atoms with Crippen molar-refractivity contribution in [3.05, 3.63) is 87.4 Å². The van der Waals surface area contributed by atoms with E-state index < -0.39 is 0 Å². The summed E-state index contributed by atoms with van der Waals surface area (Å²) in [5.74, 6) is 1.94. The van der Waals surface area contributed by atoms with E-state index >= 15 is 0 Å². The van der Waals surface area contributed by atoms with Crippen LogP contribution < -0.4 is 19.5 Å². The molecule has 0 atom stereocenters. The summed E-state index contributed by atoms with van der Waals surface area (Å²) in [6.07, 6.45) is 0. The Morgan fingerprint density at radius 3 is 2.17 bits per heavy atom. The number of methoxy groups -OCH3 is 2. The quantitative estimate of drug-likeness (QED) is 0.400. The van der Waals surface area contributed by atoms with Crippen molar-refractivity contribution < 1.29 is 14.2 Å². The molecule has 0 aliphatic heterocycles. The lowest BCUT2D eigenvalue weighted by Gasteiger charge is -2.15. The molecule has 1 N–H and O–H groups in total. The van der Waals surface area contributed by atoms with Gasteiger partial charge in [-0.25, -0.2) is 0 Å². The maximum atomic E-state index is 6.47. The van der Waals surface area contributed by atoms with Gasteiger partial charge in [-0.2, -0.15) is 0 Å². The molecule has 3 rings (SSSR count). The first-order valence-corrected chi connectivity index (χ1v) is 9.92. The van der Waals surface area contributed by atoms with E-state index in [9.17, 15) is 0 Å². The minimum Gasteiger partial charge on any atom is -0.497 e. The summed E-state index contributed by atoms with van der Waals surface area (Å²) in [6.45, 7) is 1.69. The minimum absolute atomic E-state index is 0. The van der Waals surface area contributed by atoms with Gasteiger partial charge < -0.3 is 19.5 Å². The van der Waals surface area contributed by atoms with Crippen LogP contribution in [-0.4, -0.2) is 14.2 Å². The van der Waals surface area contributed by atoms with Gasteiger partial charge in [-0.05, 0) is 41.5 Å². The molecule has 0 aliphatic carbocycles. The van der Waals surface area contributed by atoms with Crippen LogP contribution in [0.5, 0.6) is 17.2 Å². The summed E-state index contributed by atoms with van der Waals surface area (Å²) in [7, 11) is 3.26. The number of rotatable bonds is 9. The lowest BCUT2D eigenvalue weighted by atomic mass is 10.1. The molecule has 0 bridgehead atoms. The lowest BCUT2D eigenvalue weighted by Crippen LogP contribution is -2.13. The number of benzene rings is 3. The van der Waals surface area contributed by atoms with Crippen molar-refractivity contribution >= 4 is 35.6 Å². The van der Waals surface area contributed by atoms with Crippen LogP contribution in [0.1, 0.15) is 16.7 Å². The van der Waals surface area contributed by atoms with Gasteiger partial charge in [0.25, 0.3) is 0 Å². The molecule has 0 amide bonds. The van der Waals surface area contributed by atoms with Gasteiger partial charge in [-0.1, -0.05) is 53.5 Å². The van der Waals surface area contributed by atoms with Crippen LogP contribution in [0.2, 0.25) is 10.0 Å². The minimum atomic E-state index is 0. The number of halogens is 3. The van der Waals surface area contributed by atoms with Crippen LogP contribution in [0.25, 0.3) is 0 Å². The molecule has 0 saturated heterocycles. The van der Waals surface area contributed by atoms with Gasteiger partial charge in [-0.3, -0.25) is 0 Å². The average Bonchev–Trinajstić information content (AvgIpc) is 2.74. The van der Waals surface area contributed by atoms with Gasteiger partial charge in [0.15, 0.2) is 11.5 Å². The molecular formula is C23H24Cl3NO3. The molecule has 0 saturated carbocycles. The zero-order valence-electron chi connectivity index (χ0n) is 16.8. The van der Waals surface area contributed by atoms with E-state index in [1.807, 2.05) is 60.7 Å². The summed E-state index contributed by atoms with van der Waals surface area (Å²) >= 11 is 12.7. The number of nitrogens with one attached hydrogen (secondary N) is 1. The fourth-order valence-electron chi connectivity index (χ4n) is 2.88. The van der Waals surface area contributed by atoms with Crippen molar-refractivity contribution in [1.82, 2.24) is 5.32 Å². The Balaban J connectivity index is 0.00000320. The molecule has 3 aromatic rings. The summed E-state index contributed by atoms with van der Waals surface area (Å²) in [5.41, 5.74) is 3.06. The van der Waals surface area contributed by atoms with E-state index in [0.717, 1.165) is 23.4 Å². The highest BCUT2D eigenvalue weighted by Crippen LogP contribution is 2.37. The monoisotopic (exact) mass is 467 g/mol. The van der Waals surface area contributed by atoms with Crippen LogP contribution >= 0.6 is 35.6 Å². The van der Waals surface area contributed by atoms with Crippen molar-refractivity contribution in [2.75, 3.05) is 14.2 Å². The molecule has 3 aromatic carbocycles. The van der Waals surface area contributed by atoms with Gasteiger partial charge in [0.2, 0.25) is 0 Å². The molecule has 0 aliphatic rings. The third-order valence-corrected chi connectivity index (χ3v) is 5.09. The third kappa shape index (κ3) is 6.44. The van der Waals surface area contributed by atoms with Crippen molar-refractivity contribution in [2.45, 2.75) is 19.7 Å². The van der Waals surface area contributed by atoms with Crippen molar-refractivity contribution in [2.24, 2.45) is 0 Å². The smallest absolute Gasteiger partial charge is 0.180 e. The average molecular weight is 469 g/mol. The van der Waals surface area contributed by atoms with Crippen LogP contribution in [0.15, 0.2) is 60.7 Å². The fourth-order valence-corrected chi connectivity index (χ4v) is 3.35. The lowest BCUT2D eigenvalue weighted by molar-refractivity contribution is 0.284. The van der Waals surface area contributed by atoms with Gasteiger partial charge >= 0.3 is 0 Å². The maximum absolute atomic E-state index is 6.47. The standard InChI is InChI=1S/C23H23Cl2NO3.ClH/c1-27-19-9-7-16(8-10-19)13-26-14-17-11-21(25)23(22(12-17)28-2)29-15-18-5-3-4-6-20(18)24;/h3-12,26H,13-15H2,1-2H3;1H. The molecule has 0 fully saturated rings. The van der Waals surface area contributed by atoms with E-state index in [-0.39, 0.29) is 12.4 Å². The zero-order valence-corrected chi connectivity index (χ0v) is 19.1. The highest BCUT2D eigenvalue weighted by atomic mass is 35.5. The maximum Gasteiger partial charge on any atom is 0.180 e. The molecule has 0 unspecified atom stereocenters. The summed E-state index contributed by atoms with van der Waals surface area (Å²) in [5, 5.41) is 4.56. The van der Waals surface area contributed by atoms with Crippen LogP contribution in [0.4, 0.5) is 0 Å². The zero-order chi connectivity index (χ0) is 20.6. The highest BCUT2D eigenvalue weighted by molar-refractivity contribution is 6.32. The molecule has 0 aromatic heterocycles. The third-order valence-electron chi connectivity index (χ3n) is 4.44. The van der Waals surface area contributed by atoms with Crippen molar-refractivity contribution in [3.63, 3.8) is 0 Å². The van der Waals surface area contributed by atoms with Crippen LogP contribution in [0, 0.1) is 0 Å². The Kier molecular flexibility index (Phi) is 9.60. The molecule has 30 heavy (non-hydrogen) atoms. The molecule has 0 heterocycles. The second kappa shape index (κ2) is 11.9. The first-order chi connectivity index (χ1) is 14.1. The molecule has 0 spiro atoms. The molecule has 160 valence electrons. The fraction of sp³-hybridized carbons (Fsp3) is 0.217. The van der Waals surface area contributed by atoms with E-state index in [0.29, 0.717) is 34.7 Å². The number of ether oxygens (including phenoxy) is 3. The topological polar surface area (TPSA) is 39.7 Å². The molecule has 0 radical (unpaired) electrons. The molecule has 4 nitrogen and oxygen atoms in total. The van der Waals surface area contributed by atoms with E-state index in [1.165, 1.54) is 5.56 Å². The van der Waals surface area contributed by atoms with Crippen LogP contribution in [-0.2, 0) is 19.7 Å². The van der Waals surface area contributed by atoms with Gasteiger partial charge in [0.1, 0.15) is 12.4 Å². The summed E-state index contributed by atoms with van der Waals surface area (Å²) in [4.78, 5) is 0. The second-order valence-electron chi connectivity index (χ2n) is 6.44. The van der Waals surface area contributed by atoms with Crippen molar-refractivity contribution in [3.8, 4) is 17.2 Å². The molecule has 7 heteroatoms. The van der Waals surface area contributed by atoms with E-state index in [4.69, 9.17) is 37.4 Å². The Morgan fingerprint density at radius 1 is 0.800 bits per heavy atom. The normalized spacial score (nSPS) is 10.3. The van der Waals surface area contributed by atoms with Gasteiger partial charge in [-0.15, -0.1) is 12.4 Å². The van der Waals surface area contributed by atoms with Crippen molar-refractivity contribution in [1.29, 1.82) is 0 Å². The van der Waals surface area contributed by atoms with Gasteiger partial charge in [0, 0.05) is 23.7 Å². The van der Waals surface area contributed by atoms with Crippen LogP contribution in [0.3, 0.4) is 0 Å². The second-order valence-corrected chi connectivity index (χ2v) is 7.26. The summed E-state index contributed by atoms with van der Waals surface area (Å²) in [6, 6.07) is 19.3. The predicted octanol–water partition coefficient (Wildman–Crippen LogP) is 6.30. The predicted molar refractivity (Wildman–Crippen MR) is 125 cm³/mol. The summed E-state index contributed by atoms with van der Waals surface area (Å²) < 4.78 is 16.6.